The number of hydrogen-bond acceptors (Lipinski definition) is 3. The molecule has 0 bridgehead atoms. The second kappa shape index (κ2) is 5.83. The number of amides is 1. The van der Waals surface area contributed by atoms with Crippen LogP contribution >= 0.6 is 0 Å². The minimum atomic E-state index is 0.241. The first-order valence-electron chi connectivity index (χ1n) is 6.87. The highest BCUT2D eigenvalue weighted by atomic mass is 16.1. The standard InChI is InChI=1S/C13H25N3O/c1-16-7-6-12(9-16)15-13(17)8-10-2-4-11(14)5-3-10/h10-12H,2-9,14H2,1H3,(H,15,17). The number of nitrogens with two attached hydrogens (primary N) is 1. The van der Waals surface area contributed by atoms with Crippen molar-refractivity contribution in [2.24, 2.45) is 11.7 Å². The molecule has 0 aromatic heterocycles. The third-order valence-corrected chi connectivity index (χ3v) is 4.12. The molecule has 2 rings (SSSR count). The van der Waals surface area contributed by atoms with Crippen molar-refractivity contribution in [3.05, 3.63) is 0 Å². The quantitative estimate of drug-likeness (QED) is 0.763. The lowest BCUT2D eigenvalue weighted by molar-refractivity contribution is -0.122. The molecule has 1 amide bonds. The number of nitrogens with one attached hydrogen (secondary N) is 1. The Morgan fingerprint density at radius 1 is 1.29 bits per heavy atom. The maximum atomic E-state index is 11.9. The lowest BCUT2D eigenvalue weighted by Gasteiger charge is -2.26. The zero-order valence-electron chi connectivity index (χ0n) is 10.8. The number of rotatable bonds is 3. The molecule has 2 fully saturated rings. The molecule has 17 heavy (non-hydrogen) atoms. The van der Waals surface area contributed by atoms with Crippen LogP contribution in [0.1, 0.15) is 38.5 Å². The van der Waals surface area contributed by atoms with Crippen LogP contribution in [-0.2, 0) is 4.79 Å². The fourth-order valence-electron chi connectivity index (χ4n) is 2.99. The van der Waals surface area contributed by atoms with Crippen LogP contribution < -0.4 is 11.1 Å². The second-order valence-corrected chi connectivity index (χ2v) is 5.80. The van der Waals surface area contributed by atoms with Crippen LogP contribution in [0.25, 0.3) is 0 Å². The highest BCUT2D eigenvalue weighted by Crippen LogP contribution is 2.25. The SMILES string of the molecule is CN1CCC(NC(=O)CC2CCC(N)CC2)C1. The van der Waals surface area contributed by atoms with Crippen LogP contribution in [0, 0.1) is 5.92 Å². The van der Waals surface area contributed by atoms with Crippen molar-refractivity contribution in [3.63, 3.8) is 0 Å². The van der Waals surface area contributed by atoms with Crippen LogP contribution in [0.15, 0.2) is 0 Å². The van der Waals surface area contributed by atoms with Gasteiger partial charge in [-0.25, -0.2) is 0 Å². The van der Waals surface area contributed by atoms with Gasteiger partial charge >= 0.3 is 0 Å². The largest absolute Gasteiger partial charge is 0.352 e. The van der Waals surface area contributed by atoms with Crippen molar-refractivity contribution < 1.29 is 4.79 Å². The van der Waals surface area contributed by atoms with Gasteiger partial charge in [-0.2, -0.15) is 0 Å². The van der Waals surface area contributed by atoms with E-state index in [4.69, 9.17) is 5.73 Å². The van der Waals surface area contributed by atoms with Crippen LogP contribution in [0.2, 0.25) is 0 Å². The van der Waals surface area contributed by atoms with E-state index in [1.165, 1.54) is 0 Å². The molecular weight excluding hydrogens is 214 g/mol. The molecule has 0 aromatic rings. The molecule has 1 aliphatic heterocycles. The molecule has 3 N–H and O–H groups in total. The van der Waals surface area contributed by atoms with Crippen LogP contribution in [0.4, 0.5) is 0 Å². The van der Waals surface area contributed by atoms with Gasteiger partial charge in [0.15, 0.2) is 0 Å². The van der Waals surface area contributed by atoms with E-state index in [2.05, 4.69) is 17.3 Å². The molecule has 1 aliphatic carbocycles. The molecule has 1 atom stereocenters. The first-order chi connectivity index (χ1) is 8.13. The summed E-state index contributed by atoms with van der Waals surface area (Å²) in [5, 5.41) is 3.16. The van der Waals surface area contributed by atoms with Crippen molar-refractivity contribution in [2.75, 3.05) is 20.1 Å². The number of likely N-dealkylation sites (N-methyl/N-ethyl adjacent to an activating group) is 1. The van der Waals surface area contributed by atoms with Gasteiger partial charge in [0, 0.05) is 25.0 Å². The average Bonchev–Trinajstić information content (AvgIpc) is 2.67. The number of nitrogens with zero attached hydrogens (tertiary/aromatic N) is 1. The fraction of sp³-hybridized carbons (Fsp3) is 0.923. The van der Waals surface area contributed by atoms with Crippen molar-refractivity contribution in [3.8, 4) is 0 Å². The Bertz CT molecular complexity index is 261. The van der Waals surface area contributed by atoms with Crippen LogP contribution in [0.5, 0.6) is 0 Å². The van der Waals surface area contributed by atoms with Gasteiger partial charge in [0.25, 0.3) is 0 Å². The second-order valence-electron chi connectivity index (χ2n) is 5.80. The Kier molecular flexibility index (Phi) is 4.40. The Balaban J connectivity index is 1.67. The molecule has 1 unspecified atom stereocenters. The van der Waals surface area contributed by atoms with Gasteiger partial charge in [-0.3, -0.25) is 4.79 Å². The highest BCUT2D eigenvalue weighted by Gasteiger charge is 2.24. The van der Waals surface area contributed by atoms with Crippen molar-refractivity contribution in [1.82, 2.24) is 10.2 Å². The van der Waals surface area contributed by atoms with E-state index < -0.39 is 0 Å². The Morgan fingerprint density at radius 3 is 2.59 bits per heavy atom. The molecule has 1 saturated carbocycles. The molecule has 1 saturated heterocycles. The Morgan fingerprint density at radius 2 is 2.00 bits per heavy atom. The predicted octanol–water partition coefficient (Wildman–Crippen LogP) is 0.714. The van der Waals surface area contributed by atoms with Gasteiger partial charge in [-0.15, -0.1) is 0 Å². The van der Waals surface area contributed by atoms with E-state index in [1.54, 1.807) is 0 Å². The number of hydrogen-bond donors (Lipinski definition) is 2. The van der Waals surface area contributed by atoms with Gasteiger partial charge in [-0.1, -0.05) is 0 Å². The lowest BCUT2D eigenvalue weighted by Crippen LogP contribution is -2.38. The van der Waals surface area contributed by atoms with E-state index in [9.17, 15) is 4.79 Å². The number of carbonyl (C=O) groups is 1. The molecule has 98 valence electrons. The summed E-state index contributed by atoms with van der Waals surface area (Å²) in [7, 11) is 2.11. The van der Waals surface area contributed by atoms with Gasteiger partial charge in [0.2, 0.25) is 5.91 Å². The predicted molar refractivity (Wildman–Crippen MR) is 68.6 cm³/mol. The first kappa shape index (κ1) is 12.8. The monoisotopic (exact) mass is 239 g/mol. The summed E-state index contributed by atoms with van der Waals surface area (Å²) >= 11 is 0. The topological polar surface area (TPSA) is 58.4 Å². The molecular formula is C13H25N3O. The molecule has 4 heteroatoms. The summed E-state index contributed by atoms with van der Waals surface area (Å²) in [5.41, 5.74) is 5.87. The van der Waals surface area contributed by atoms with Gasteiger partial charge < -0.3 is 16.0 Å². The normalized spacial score (nSPS) is 34.8. The molecule has 0 aromatic carbocycles. The molecule has 4 nitrogen and oxygen atoms in total. The zero-order valence-corrected chi connectivity index (χ0v) is 10.8. The molecule has 0 radical (unpaired) electrons. The summed E-state index contributed by atoms with van der Waals surface area (Å²) < 4.78 is 0. The van der Waals surface area contributed by atoms with Crippen LogP contribution in [-0.4, -0.2) is 43.0 Å². The summed E-state index contributed by atoms with van der Waals surface area (Å²) in [4.78, 5) is 14.2. The fourth-order valence-corrected chi connectivity index (χ4v) is 2.99. The first-order valence-corrected chi connectivity index (χ1v) is 6.87. The maximum absolute atomic E-state index is 11.9. The van der Waals surface area contributed by atoms with E-state index in [0.29, 0.717) is 24.4 Å². The summed E-state index contributed by atoms with van der Waals surface area (Å²) in [6.45, 7) is 2.10. The number of likely N-dealkylation sites (tertiary alicyclic amines) is 1. The molecule has 1 heterocycles. The van der Waals surface area contributed by atoms with E-state index in [1.807, 2.05) is 0 Å². The summed E-state index contributed by atoms with van der Waals surface area (Å²) in [6.07, 6.45) is 6.22. The molecule has 0 spiro atoms. The Labute approximate surface area is 104 Å². The Hall–Kier alpha value is -0.610. The maximum Gasteiger partial charge on any atom is 0.220 e. The van der Waals surface area contributed by atoms with Gasteiger partial charge in [0.1, 0.15) is 0 Å². The van der Waals surface area contributed by atoms with Crippen LogP contribution in [0.3, 0.4) is 0 Å². The van der Waals surface area contributed by atoms with E-state index >= 15 is 0 Å². The zero-order chi connectivity index (χ0) is 12.3. The third kappa shape index (κ3) is 3.96. The minimum Gasteiger partial charge on any atom is -0.352 e. The van der Waals surface area contributed by atoms with Gasteiger partial charge in [-0.05, 0) is 51.6 Å². The number of carbonyl (C=O) groups excluding carboxylic acids is 1. The molecule has 2 aliphatic rings. The smallest absolute Gasteiger partial charge is 0.220 e. The van der Waals surface area contributed by atoms with Gasteiger partial charge in [0.05, 0.1) is 0 Å². The minimum absolute atomic E-state index is 0.241. The van der Waals surface area contributed by atoms with Crippen molar-refractivity contribution in [1.29, 1.82) is 0 Å². The van der Waals surface area contributed by atoms with Crippen molar-refractivity contribution >= 4 is 5.91 Å². The summed E-state index contributed by atoms with van der Waals surface area (Å²) in [6, 6.07) is 0.746. The average molecular weight is 239 g/mol. The van der Waals surface area contributed by atoms with E-state index in [0.717, 1.165) is 45.2 Å². The lowest BCUT2D eigenvalue weighted by atomic mass is 9.84. The highest BCUT2D eigenvalue weighted by molar-refractivity contribution is 5.76. The third-order valence-electron chi connectivity index (χ3n) is 4.12. The van der Waals surface area contributed by atoms with Crippen molar-refractivity contribution in [2.45, 2.75) is 50.6 Å². The summed E-state index contributed by atoms with van der Waals surface area (Å²) in [5.74, 6) is 0.805. The van der Waals surface area contributed by atoms with E-state index in [-0.39, 0.29) is 5.91 Å².